The zero-order valence-corrected chi connectivity index (χ0v) is 14.9. The fourth-order valence-corrected chi connectivity index (χ4v) is 3.21. The maximum atomic E-state index is 10.5. The van der Waals surface area contributed by atoms with Crippen molar-refractivity contribution in [2.75, 3.05) is 0 Å². The number of aliphatic imine (C=N–C) groups is 2. The van der Waals surface area contributed by atoms with Gasteiger partial charge in [-0.05, 0) is 49.2 Å². The lowest BCUT2D eigenvalue weighted by Gasteiger charge is -2.10. The number of rotatable bonds is 2. The molecule has 128 valence electrons. The van der Waals surface area contributed by atoms with E-state index < -0.39 is 0 Å². The molecule has 3 heteroatoms. The van der Waals surface area contributed by atoms with E-state index >= 15 is 0 Å². The van der Waals surface area contributed by atoms with Gasteiger partial charge < -0.3 is 5.11 Å². The van der Waals surface area contributed by atoms with E-state index in [0.717, 1.165) is 39.5 Å². The molecule has 1 aliphatic rings. The van der Waals surface area contributed by atoms with E-state index in [1.165, 1.54) is 5.56 Å². The van der Waals surface area contributed by atoms with Crippen LogP contribution in [0.25, 0.3) is 0 Å². The maximum absolute atomic E-state index is 10.5. The molecule has 3 aromatic carbocycles. The molecule has 3 nitrogen and oxygen atoms in total. The predicted molar refractivity (Wildman–Crippen MR) is 107 cm³/mol. The fraction of sp³-hybridized carbons (Fsp3) is 0.130. The Labute approximate surface area is 153 Å². The molecule has 0 saturated carbocycles. The average molecular weight is 340 g/mol. The standard InChI is InChI=1S/C23H20N2O/c1-15-6-5-7-17(12-15)21-14-22(18-11-10-16(2)13-23(18)26)25-20-9-4-3-8-19(20)24-21/h3-13,26H,14H2,1-2H3. The molecule has 1 N–H and O–H groups in total. The Balaban J connectivity index is 1.89. The van der Waals surface area contributed by atoms with Crippen LogP contribution in [0.3, 0.4) is 0 Å². The van der Waals surface area contributed by atoms with Gasteiger partial charge in [-0.2, -0.15) is 0 Å². The zero-order valence-electron chi connectivity index (χ0n) is 14.9. The van der Waals surface area contributed by atoms with Crippen LogP contribution >= 0.6 is 0 Å². The van der Waals surface area contributed by atoms with E-state index in [1.54, 1.807) is 6.07 Å². The molecule has 0 amide bonds. The van der Waals surface area contributed by atoms with Gasteiger partial charge in [-0.3, -0.25) is 9.98 Å². The summed E-state index contributed by atoms with van der Waals surface area (Å²) in [5.41, 5.74) is 7.52. The minimum atomic E-state index is 0.256. The number of hydrogen-bond donors (Lipinski definition) is 1. The highest BCUT2D eigenvalue weighted by atomic mass is 16.3. The summed E-state index contributed by atoms with van der Waals surface area (Å²) in [6.07, 6.45) is 0.564. The van der Waals surface area contributed by atoms with Crippen molar-refractivity contribution in [3.8, 4) is 5.75 Å². The van der Waals surface area contributed by atoms with Crippen LogP contribution in [0.15, 0.2) is 76.7 Å². The van der Waals surface area contributed by atoms with Gasteiger partial charge in [-0.25, -0.2) is 0 Å². The Morgan fingerprint density at radius 2 is 1.42 bits per heavy atom. The van der Waals surface area contributed by atoms with Crippen molar-refractivity contribution in [1.82, 2.24) is 0 Å². The van der Waals surface area contributed by atoms with E-state index in [4.69, 9.17) is 9.98 Å². The normalized spacial score (nSPS) is 13.5. The van der Waals surface area contributed by atoms with Crippen molar-refractivity contribution in [3.63, 3.8) is 0 Å². The molecule has 3 aromatic rings. The van der Waals surface area contributed by atoms with Gasteiger partial charge in [0.1, 0.15) is 5.75 Å². The summed E-state index contributed by atoms with van der Waals surface area (Å²) < 4.78 is 0. The van der Waals surface area contributed by atoms with Gasteiger partial charge in [0.15, 0.2) is 0 Å². The third-order valence-corrected chi connectivity index (χ3v) is 4.54. The van der Waals surface area contributed by atoms with Crippen molar-refractivity contribution in [1.29, 1.82) is 0 Å². The topological polar surface area (TPSA) is 45.0 Å². The Morgan fingerprint density at radius 3 is 2.12 bits per heavy atom. The van der Waals surface area contributed by atoms with Crippen molar-refractivity contribution in [2.24, 2.45) is 9.98 Å². The third kappa shape index (κ3) is 3.16. The fourth-order valence-electron chi connectivity index (χ4n) is 3.21. The van der Waals surface area contributed by atoms with Gasteiger partial charge in [0.25, 0.3) is 0 Å². The highest BCUT2D eigenvalue weighted by molar-refractivity contribution is 6.21. The molecule has 0 saturated heterocycles. The Morgan fingerprint density at radius 1 is 0.731 bits per heavy atom. The minimum absolute atomic E-state index is 0.256. The van der Waals surface area contributed by atoms with Gasteiger partial charge >= 0.3 is 0 Å². The summed E-state index contributed by atoms with van der Waals surface area (Å²) in [6.45, 7) is 4.04. The highest BCUT2D eigenvalue weighted by Crippen LogP contribution is 2.34. The van der Waals surface area contributed by atoms with Crippen molar-refractivity contribution in [3.05, 3.63) is 89.0 Å². The van der Waals surface area contributed by atoms with Crippen molar-refractivity contribution < 1.29 is 5.11 Å². The second-order valence-electron chi connectivity index (χ2n) is 6.67. The zero-order chi connectivity index (χ0) is 18.1. The summed E-state index contributed by atoms with van der Waals surface area (Å²) in [6, 6.07) is 21.9. The molecule has 4 rings (SSSR count). The summed E-state index contributed by atoms with van der Waals surface area (Å²) in [4.78, 5) is 9.73. The van der Waals surface area contributed by atoms with Gasteiger partial charge in [-0.1, -0.05) is 48.0 Å². The highest BCUT2D eigenvalue weighted by Gasteiger charge is 2.18. The number of para-hydroxylation sites is 2. The van der Waals surface area contributed by atoms with Gasteiger partial charge in [0, 0.05) is 12.0 Å². The first-order chi connectivity index (χ1) is 12.6. The number of aryl methyl sites for hydroxylation is 2. The first-order valence-electron chi connectivity index (χ1n) is 8.71. The number of nitrogens with zero attached hydrogens (tertiary/aromatic N) is 2. The van der Waals surface area contributed by atoms with Crippen LogP contribution in [-0.2, 0) is 0 Å². The van der Waals surface area contributed by atoms with E-state index in [1.807, 2.05) is 49.4 Å². The quantitative estimate of drug-likeness (QED) is 0.643. The van der Waals surface area contributed by atoms with Crippen LogP contribution < -0.4 is 0 Å². The number of hydrogen-bond acceptors (Lipinski definition) is 3. The molecule has 0 atom stereocenters. The summed E-state index contributed by atoms with van der Waals surface area (Å²) in [7, 11) is 0. The number of fused-ring (bicyclic) bond motifs is 1. The van der Waals surface area contributed by atoms with E-state index in [-0.39, 0.29) is 5.75 Å². The van der Waals surface area contributed by atoms with E-state index in [9.17, 15) is 5.11 Å². The molecule has 0 unspecified atom stereocenters. The summed E-state index contributed by atoms with van der Waals surface area (Å²) >= 11 is 0. The predicted octanol–water partition coefficient (Wildman–Crippen LogP) is 5.65. The number of phenolic OH excluding ortho intramolecular Hbond substituents is 1. The molecule has 1 heterocycles. The van der Waals surface area contributed by atoms with Gasteiger partial charge in [0.05, 0.1) is 22.8 Å². The van der Waals surface area contributed by atoms with Crippen LogP contribution in [0, 0.1) is 13.8 Å². The SMILES string of the molecule is Cc1cccc(C2=Nc3ccccc3N=C(c3ccc(C)cc3O)C2)c1. The number of aromatic hydroxyl groups is 1. The molecule has 26 heavy (non-hydrogen) atoms. The summed E-state index contributed by atoms with van der Waals surface area (Å²) in [5.74, 6) is 0.256. The largest absolute Gasteiger partial charge is 0.507 e. The smallest absolute Gasteiger partial charge is 0.124 e. The molecular weight excluding hydrogens is 320 g/mol. The first kappa shape index (κ1) is 16.3. The van der Waals surface area contributed by atoms with Crippen molar-refractivity contribution in [2.45, 2.75) is 20.3 Å². The van der Waals surface area contributed by atoms with Gasteiger partial charge in [-0.15, -0.1) is 0 Å². The molecule has 0 spiro atoms. The van der Waals surface area contributed by atoms with E-state index in [2.05, 4.69) is 25.1 Å². The lowest BCUT2D eigenvalue weighted by atomic mass is 9.97. The molecule has 0 radical (unpaired) electrons. The second kappa shape index (κ2) is 6.60. The Kier molecular flexibility index (Phi) is 4.13. The molecular formula is C23H20N2O. The van der Waals surface area contributed by atoms with Gasteiger partial charge in [0.2, 0.25) is 0 Å². The van der Waals surface area contributed by atoms with Crippen LogP contribution in [0.1, 0.15) is 28.7 Å². The van der Waals surface area contributed by atoms with Crippen molar-refractivity contribution >= 4 is 22.8 Å². The molecule has 0 bridgehead atoms. The lowest BCUT2D eigenvalue weighted by Crippen LogP contribution is -2.10. The molecule has 0 fully saturated rings. The Bertz CT molecular complexity index is 1050. The van der Waals surface area contributed by atoms with Crippen LogP contribution in [0.2, 0.25) is 0 Å². The minimum Gasteiger partial charge on any atom is -0.507 e. The molecule has 0 aromatic heterocycles. The number of benzene rings is 3. The Hall–Kier alpha value is -3.20. The molecule has 1 aliphatic heterocycles. The summed E-state index contributed by atoms with van der Waals surface area (Å²) in [5, 5.41) is 10.5. The van der Waals surface area contributed by atoms with Crippen LogP contribution in [-0.4, -0.2) is 16.5 Å². The van der Waals surface area contributed by atoms with Crippen LogP contribution in [0.4, 0.5) is 11.4 Å². The lowest BCUT2D eigenvalue weighted by molar-refractivity contribution is 0.473. The first-order valence-corrected chi connectivity index (χ1v) is 8.71. The second-order valence-corrected chi connectivity index (χ2v) is 6.67. The monoisotopic (exact) mass is 340 g/mol. The molecule has 0 aliphatic carbocycles. The number of phenols is 1. The van der Waals surface area contributed by atoms with E-state index in [0.29, 0.717) is 6.42 Å². The average Bonchev–Trinajstić information content (AvgIpc) is 2.81. The van der Waals surface area contributed by atoms with Crippen LogP contribution in [0.5, 0.6) is 5.75 Å². The maximum Gasteiger partial charge on any atom is 0.124 e. The third-order valence-electron chi connectivity index (χ3n) is 4.54.